The van der Waals surface area contributed by atoms with Crippen molar-refractivity contribution in [2.24, 2.45) is 0 Å². The Morgan fingerprint density at radius 1 is 0.654 bits per heavy atom. The molecule has 0 aromatic carbocycles. The molecule has 0 saturated carbocycles. The highest BCUT2D eigenvalue weighted by Gasteiger charge is 2.38. The topological polar surface area (TPSA) is 93.1 Å². The van der Waals surface area contributed by atoms with E-state index in [1.54, 1.807) is 0 Å². The minimum Gasteiger partial charge on any atom is -0.464 e. The first-order chi connectivity index (χ1) is 11.9. The smallest absolute Gasteiger partial charge is 0.339 e. The molecule has 0 spiro atoms. The molecule has 0 aliphatic rings. The van der Waals surface area contributed by atoms with Gasteiger partial charge in [0.1, 0.15) is 0 Å². The molecule has 0 amide bonds. The fourth-order valence-corrected chi connectivity index (χ4v) is 2.22. The highest BCUT2D eigenvalue weighted by molar-refractivity contribution is 6.69. The van der Waals surface area contributed by atoms with Gasteiger partial charge >= 0.3 is 11.9 Å². The number of alkyl halides is 6. The van der Waals surface area contributed by atoms with Crippen LogP contribution in [-0.2, 0) is 19.1 Å². The molecular weight excluding hydrogens is 477 g/mol. The number of aliphatic hydroxyl groups is 2. The lowest BCUT2D eigenvalue weighted by molar-refractivity contribution is -0.154. The summed E-state index contributed by atoms with van der Waals surface area (Å²) in [5, 5.41) is 18.7. The van der Waals surface area contributed by atoms with Gasteiger partial charge in [0.05, 0.1) is 13.2 Å². The molecule has 0 aromatic rings. The van der Waals surface area contributed by atoms with Crippen LogP contribution in [0.25, 0.3) is 0 Å². The number of halogens is 6. The lowest BCUT2D eigenvalue weighted by Gasteiger charge is -2.17. The third kappa shape index (κ3) is 12.1. The maximum atomic E-state index is 11.4. The van der Waals surface area contributed by atoms with Crippen LogP contribution >= 0.6 is 69.6 Å². The third-order valence-corrected chi connectivity index (χ3v) is 4.33. The van der Waals surface area contributed by atoms with Crippen molar-refractivity contribution in [2.45, 2.75) is 58.3 Å². The van der Waals surface area contributed by atoms with Gasteiger partial charge in [-0.15, -0.1) is 0 Å². The number of unbranched alkanes of at least 4 members (excludes halogenated alkanes) is 5. The molecular formula is C14H20Cl6O6. The summed E-state index contributed by atoms with van der Waals surface area (Å²) < 4.78 is 5.36. The Bertz CT molecular complexity index is 397. The van der Waals surface area contributed by atoms with Crippen molar-refractivity contribution in [1.29, 1.82) is 0 Å². The van der Waals surface area contributed by atoms with Gasteiger partial charge in [-0.2, -0.15) is 0 Å². The minimum absolute atomic E-state index is 0.114. The maximum absolute atomic E-state index is 11.4. The first-order valence-corrected chi connectivity index (χ1v) is 9.97. The van der Waals surface area contributed by atoms with E-state index in [-0.39, 0.29) is 13.2 Å². The van der Waals surface area contributed by atoms with Crippen LogP contribution in [0, 0.1) is 0 Å². The Balaban J connectivity index is 3.58. The summed E-state index contributed by atoms with van der Waals surface area (Å²) in [6, 6.07) is 0. The predicted molar refractivity (Wildman–Crippen MR) is 102 cm³/mol. The summed E-state index contributed by atoms with van der Waals surface area (Å²) >= 11 is 32.3. The summed E-state index contributed by atoms with van der Waals surface area (Å²) in [6.45, 7) is 0.229. The normalized spacial score (nSPS) is 14.6. The molecule has 0 saturated heterocycles. The van der Waals surface area contributed by atoms with Gasteiger partial charge in [0.15, 0.2) is 12.2 Å². The van der Waals surface area contributed by atoms with Crippen LogP contribution in [0.15, 0.2) is 0 Å². The van der Waals surface area contributed by atoms with Crippen molar-refractivity contribution in [1.82, 2.24) is 0 Å². The quantitative estimate of drug-likeness (QED) is 0.256. The lowest BCUT2D eigenvalue weighted by Crippen LogP contribution is -2.35. The summed E-state index contributed by atoms with van der Waals surface area (Å²) in [5.41, 5.74) is 0. The number of carbonyl (C=O) groups is 2. The van der Waals surface area contributed by atoms with Gasteiger partial charge in [-0.05, 0) is 12.8 Å². The zero-order valence-corrected chi connectivity index (χ0v) is 18.1. The SMILES string of the molecule is O=C(OCCCCCCCCOC(=O)[C@H](O)C(Cl)(Cl)Cl)[C@H](O)C(Cl)(Cl)Cl. The number of aliphatic hydroxyl groups excluding tert-OH is 2. The van der Waals surface area contributed by atoms with E-state index in [0.717, 1.165) is 25.7 Å². The first-order valence-electron chi connectivity index (χ1n) is 7.70. The fourth-order valence-electron chi connectivity index (χ4n) is 1.68. The molecule has 12 heteroatoms. The number of hydrogen-bond donors (Lipinski definition) is 2. The maximum Gasteiger partial charge on any atom is 0.339 e. The number of carbonyl (C=O) groups excluding carboxylic acids is 2. The Morgan fingerprint density at radius 2 is 0.923 bits per heavy atom. The Hall–Kier alpha value is 0.600. The van der Waals surface area contributed by atoms with Crippen molar-refractivity contribution >= 4 is 81.5 Å². The van der Waals surface area contributed by atoms with Crippen LogP contribution in [0.4, 0.5) is 0 Å². The van der Waals surface area contributed by atoms with Crippen molar-refractivity contribution in [3.05, 3.63) is 0 Å². The van der Waals surface area contributed by atoms with E-state index in [2.05, 4.69) is 0 Å². The van der Waals surface area contributed by atoms with Crippen molar-refractivity contribution in [2.75, 3.05) is 13.2 Å². The second-order valence-electron chi connectivity index (χ2n) is 5.34. The summed E-state index contributed by atoms with van der Waals surface area (Å²) in [7, 11) is 0. The zero-order chi connectivity index (χ0) is 20.4. The van der Waals surface area contributed by atoms with E-state index < -0.39 is 31.7 Å². The van der Waals surface area contributed by atoms with Gasteiger partial charge in [-0.1, -0.05) is 95.3 Å². The Kier molecular flexibility index (Phi) is 13.2. The van der Waals surface area contributed by atoms with Crippen LogP contribution in [-0.4, -0.2) is 55.2 Å². The summed E-state index contributed by atoms with van der Waals surface area (Å²) in [6.07, 6.45) is 0.882. The molecule has 154 valence electrons. The van der Waals surface area contributed by atoms with Crippen LogP contribution in [0.2, 0.25) is 0 Å². The number of esters is 2. The molecule has 6 nitrogen and oxygen atoms in total. The molecule has 26 heavy (non-hydrogen) atoms. The van der Waals surface area contributed by atoms with E-state index in [1.807, 2.05) is 0 Å². The highest BCUT2D eigenvalue weighted by atomic mass is 35.6. The van der Waals surface area contributed by atoms with Gasteiger partial charge in [0.25, 0.3) is 0 Å². The molecule has 2 atom stereocenters. The summed E-state index contributed by atoms with van der Waals surface area (Å²) in [5.74, 6) is -1.97. The molecule has 0 unspecified atom stereocenters. The Morgan fingerprint density at radius 3 is 1.19 bits per heavy atom. The molecule has 0 fully saturated rings. The second kappa shape index (κ2) is 12.9. The van der Waals surface area contributed by atoms with Crippen molar-refractivity contribution < 1.29 is 29.3 Å². The van der Waals surface area contributed by atoms with Gasteiger partial charge in [-0.3, -0.25) is 0 Å². The van der Waals surface area contributed by atoms with Crippen molar-refractivity contribution in [3.8, 4) is 0 Å². The highest BCUT2D eigenvalue weighted by Crippen LogP contribution is 2.31. The molecule has 0 rings (SSSR count). The zero-order valence-electron chi connectivity index (χ0n) is 13.6. The average Bonchev–Trinajstić information content (AvgIpc) is 2.52. The Labute approximate surface area is 181 Å². The average molecular weight is 497 g/mol. The first kappa shape index (κ1) is 26.6. The predicted octanol–water partition coefficient (Wildman–Crippen LogP) is 3.88. The monoisotopic (exact) mass is 494 g/mol. The van der Waals surface area contributed by atoms with E-state index in [9.17, 15) is 19.8 Å². The molecule has 2 N–H and O–H groups in total. The van der Waals surface area contributed by atoms with Crippen molar-refractivity contribution in [3.63, 3.8) is 0 Å². The number of rotatable bonds is 11. The second-order valence-corrected chi connectivity index (χ2v) is 10.1. The van der Waals surface area contributed by atoms with E-state index in [1.165, 1.54) is 0 Å². The lowest BCUT2D eigenvalue weighted by atomic mass is 10.1. The van der Waals surface area contributed by atoms with Crippen LogP contribution in [0.1, 0.15) is 38.5 Å². The third-order valence-electron chi connectivity index (χ3n) is 3.09. The minimum atomic E-state index is -2.12. The van der Waals surface area contributed by atoms with Gasteiger partial charge in [-0.25, -0.2) is 9.59 Å². The summed E-state index contributed by atoms with van der Waals surface area (Å²) in [4.78, 5) is 22.7. The molecule has 0 heterocycles. The molecule has 0 aliphatic heterocycles. The van der Waals surface area contributed by atoms with Crippen LogP contribution in [0.3, 0.4) is 0 Å². The number of ether oxygens (including phenoxy) is 2. The molecule has 0 aromatic heterocycles. The van der Waals surface area contributed by atoms with E-state index in [4.69, 9.17) is 79.1 Å². The van der Waals surface area contributed by atoms with E-state index >= 15 is 0 Å². The van der Waals surface area contributed by atoms with Crippen LogP contribution in [0.5, 0.6) is 0 Å². The largest absolute Gasteiger partial charge is 0.464 e. The van der Waals surface area contributed by atoms with Gasteiger partial charge < -0.3 is 19.7 Å². The van der Waals surface area contributed by atoms with Crippen LogP contribution < -0.4 is 0 Å². The van der Waals surface area contributed by atoms with Gasteiger partial charge in [0.2, 0.25) is 7.59 Å². The number of hydrogen-bond acceptors (Lipinski definition) is 6. The molecule has 0 radical (unpaired) electrons. The standard InChI is InChI=1S/C14H20Cl6O6/c15-13(16,17)9(21)11(23)25-7-5-3-1-2-4-6-8-26-12(24)10(22)14(18,19)20/h9-10,21-22H,1-8H2/t9-,10-/m0/s1. The molecule has 0 aliphatic carbocycles. The fraction of sp³-hybridized carbons (Fsp3) is 0.857. The van der Waals surface area contributed by atoms with E-state index in [0.29, 0.717) is 12.8 Å². The molecule has 0 bridgehead atoms. The van der Waals surface area contributed by atoms with Gasteiger partial charge in [0, 0.05) is 0 Å².